The van der Waals surface area contributed by atoms with E-state index in [0.29, 0.717) is 37.7 Å². The molecule has 30 heavy (non-hydrogen) atoms. The number of hydrogen-bond acceptors (Lipinski definition) is 5. The maximum atomic E-state index is 12.8. The molecule has 0 spiro atoms. The van der Waals surface area contributed by atoms with Crippen LogP contribution in [0.3, 0.4) is 0 Å². The molecular formula is C24H26N2O4. The first-order valence-electron chi connectivity index (χ1n) is 10.2. The van der Waals surface area contributed by atoms with Crippen LogP contribution in [0.5, 0.6) is 5.75 Å². The van der Waals surface area contributed by atoms with Gasteiger partial charge in [0.25, 0.3) is 5.91 Å². The van der Waals surface area contributed by atoms with Gasteiger partial charge in [0.05, 0.1) is 6.61 Å². The molecule has 0 atom stereocenters. The van der Waals surface area contributed by atoms with E-state index >= 15 is 0 Å². The van der Waals surface area contributed by atoms with Crippen molar-refractivity contribution in [2.45, 2.75) is 20.1 Å². The third-order valence-electron chi connectivity index (χ3n) is 5.34. The number of aryl methyl sites for hydroxylation is 1. The second-order valence-corrected chi connectivity index (χ2v) is 7.43. The van der Waals surface area contributed by atoms with Crippen LogP contribution in [-0.2, 0) is 13.2 Å². The predicted octanol–water partition coefficient (Wildman–Crippen LogP) is 3.62. The van der Waals surface area contributed by atoms with Gasteiger partial charge in [0.15, 0.2) is 5.76 Å². The zero-order valence-corrected chi connectivity index (χ0v) is 17.1. The number of anilines is 1. The van der Waals surface area contributed by atoms with Gasteiger partial charge in [-0.25, -0.2) is 0 Å². The molecule has 1 saturated heterocycles. The molecule has 0 unspecified atom stereocenters. The molecule has 0 bridgehead atoms. The molecule has 1 amide bonds. The van der Waals surface area contributed by atoms with Crippen LogP contribution >= 0.6 is 0 Å². The molecule has 3 aromatic rings. The van der Waals surface area contributed by atoms with Crippen molar-refractivity contribution in [1.29, 1.82) is 0 Å². The highest BCUT2D eigenvalue weighted by Crippen LogP contribution is 2.23. The monoisotopic (exact) mass is 406 g/mol. The predicted molar refractivity (Wildman–Crippen MR) is 115 cm³/mol. The van der Waals surface area contributed by atoms with Crippen LogP contribution in [0.2, 0.25) is 0 Å². The van der Waals surface area contributed by atoms with Crippen LogP contribution in [0.4, 0.5) is 5.69 Å². The van der Waals surface area contributed by atoms with E-state index in [0.717, 1.165) is 17.0 Å². The number of carbonyl (C=O) groups is 1. The molecule has 4 rings (SSSR count). The molecular weight excluding hydrogens is 380 g/mol. The lowest BCUT2D eigenvalue weighted by Gasteiger charge is -2.36. The van der Waals surface area contributed by atoms with Crippen molar-refractivity contribution in [3.63, 3.8) is 0 Å². The number of aliphatic hydroxyl groups excluding tert-OH is 1. The van der Waals surface area contributed by atoms with E-state index in [2.05, 4.69) is 4.90 Å². The molecule has 0 radical (unpaired) electrons. The number of piperazine rings is 1. The fourth-order valence-corrected chi connectivity index (χ4v) is 3.62. The summed E-state index contributed by atoms with van der Waals surface area (Å²) < 4.78 is 11.5. The number of hydrogen-bond donors (Lipinski definition) is 1. The molecule has 0 saturated carbocycles. The average molecular weight is 406 g/mol. The maximum Gasteiger partial charge on any atom is 0.289 e. The van der Waals surface area contributed by atoms with E-state index in [1.54, 1.807) is 12.1 Å². The lowest BCUT2D eigenvalue weighted by Crippen LogP contribution is -2.49. The van der Waals surface area contributed by atoms with E-state index in [1.807, 2.05) is 60.4 Å². The lowest BCUT2D eigenvalue weighted by atomic mass is 10.1. The molecule has 6 nitrogen and oxygen atoms in total. The van der Waals surface area contributed by atoms with Gasteiger partial charge < -0.3 is 24.1 Å². The van der Waals surface area contributed by atoms with Crippen LogP contribution in [0.1, 0.15) is 27.4 Å². The quantitative estimate of drug-likeness (QED) is 0.677. The minimum absolute atomic E-state index is 0.00908. The minimum Gasteiger partial charge on any atom is -0.486 e. The molecule has 6 heteroatoms. The average Bonchev–Trinajstić information content (AvgIpc) is 3.27. The van der Waals surface area contributed by atoms with Crippen LogP contribution in [0.15, 0.2) is 65.1 Å². The smallest absolute Gasteiger partial charge is 0.289 e. The number of para-hydroxylation sites is 1. The Bertz CT molecular complexity index is 988. The maximum absolute atomic E-state index is 12.8. The summed E-state index contributed by atoms with van der Waals surface area (Å²) in [6.07, 6.45) is 0. The molecule has 1 aliphatic rings. The summed E-state index contributed by atoms with van der Waals surface area (Å²) in [5.74, 6) is 1.62. The van der Waals surface area contributed by atoms with Crippen LogP contribution in [-0.4, -0.2) is 42.1 Å². The summed E-state index contributed by atoms with van der Waals surface area (Å²) in [5, 5.41) is 9.56. The van der Waals surface area contributed by atoms with E-state index in [4.69, 9.17) is 9.15 Å². The zero-order chi connectivity index (χ0) is 20.9. The summed E-state index contributed by atoms with van der Waals surface area (Å²) in [4.78, 5) is 16.8. The van der Waals surface area contributed by atoms with Crippen molar-refractivity contribution >= 4 is 11.6 Å². The van der Waals surface area contributed by atoms with Gasteiger partial charge in [-0.15, -0.1) is 0 Å². The number of carbonyl (C=O) groups excluding carboxylic acids is 1. The number of rotatable bonds is 6. The fraction of sp³-hybridized carbons (Fsp3) is 0.292. The van der Waals surface area contributed by atoms with Crippen molar-refractivity contribution in [1.82, 2.24) is 4.90 Å². The van der Waals surface area contributed by atoms with Gasteiger partial charge in [-0.3, -0.25) is 4.79 Å². The van der Waals surface area contributed by atoms with Crippen molar-refractivity contribution in [3.8, 4) is 5.75 Å². The summed E-state index contributed by atoms with van der Waals surface area (Å²) in [7, 11) is 0. The summed E-state index contributed by atoms with van der Waals surface area (Å²) >= 11 is 0. The fourth-order valence-electron chi connectivity index (χ4n) is 3.62. The molecule has 1 fully saturated rings. The summed E-state index contributed by atoms with van der Waals surface area (Å²) in [6.45, 7) is 4.96. The molecule has 2 heterocycles. The number of amides is 1. The second-order valence-electron chi connectivity index (χ2n) is 7.43. The van der Waals surface area contributed by atoms with Crippen LogP contribution < -0.4 is 9.64 Å². The highest BCUT2D eigenvalue weighted by Gasteiger charge is 2.25. The first-order chi connectivity index (χ1) is 14.6. The van der Waals surface area contributed by atoms with E-state index in [9.17, 15) is 9.90 Å². The molecule has 156 valence electrons. The van der Waals surface area contributed by atoms with Gasteiger partial charge in [-0.1, -0.05) is 35.9 Å². The van der Waals surface area contributed by atoms with E-state index < -0.39 is 0 Å². The van der Waals surface area contributed by atoms with Gasteiger partial charge in [-0.2, -0.15) is 0 Å². The molecule has 1 aromatic heterocycles. The third-order valence-corrected chi connectivity index (χ3v) is 5.34. The number of ether oxygens (including phenoxy) is 1. The number of aliphatic hydroxyl groups is 1. The summed E-state index contributed by atoms with van der Waals surface area (Å²) in [5.41, 5.74) is 3.11. The Morgan fingerprint density at radius 1 is 1.00 bits per heavy atom. The number of nitrogens with zero attached hydrogens (tertiary/aromatic N) is 2. The highest BCUT2D eigenvalue weighted by molar-refractivity contribution is 5.91. The van der Waals surface area contributed by atoms with Crippen LogP contribution in [0, 0.1) is 6.92 Å². The molecule has 0 aliphatic carbocycles. The van der Waals surface area contributed by atoms with Crippen molar-refractivity contribution in [2.75, 3.05) is 31.1 Å². The first kappa shape index (κ1) is 20.0. The summed E-state index contributed by atoms with van der Waals surface area (Å²) in [6, 6.07) is 19.1. The molecule has 1 aliphatic heterocycles. The second kappa shape index (κ2) is 9.05. The Kier molecular flexibility index (Phi) is 6.05. The van der Waals surface area contributed by atoms with E-state index in [1.165, 1.54) is 5.56 Å². The molecule has 2 aromatic carbocycles. The Hall–Kier alpha value is -3.25. The van der Waals surface area contributed by atoms with Crippen molar-refractivity contribution < 1.29 is 19.1 Å². The van der Waals surface area contributed by atoms with E-state index in [-0.39, 0.29) is 19.1 Å². The van der Waals surface area contributed by atoms with Gasteiger partial charge in [-0.05, 0) is 37.3 Å². The standard InChI is InChI=1S/C24H26N2O4/c1-18-6-8-20(9-7-18)29-17-21-10-11-23(30-21)24(28)26-14-12-25(13-15-26)22-5-3-2-4-19(22)16-27/h2-11,27H,12-17H2,1H3. The Labute approximate surface area is 176 Å². The van der Waals surface area contributed by atoms with Gasteiger partial charge in [0.2, 0.25) is 0 Å². The third kappa shape index (κ3) is 4.49. The number of furan rings is 1. The molecule has 1 N–H and O–H groups in total. The Balaban J connectivity index is 1.33. The Morgan fingerprint density at radius 2 is 1.73 bits per heavy atom. The van der Waals surface area contributed by atoms with Gasteiger partial charge in [0, 0.05) is 37.4 Å². The Morgan fingerprint density at radius 3 is 2.47 bits per heavy atom. The number of benzene rings is 2. The highest BCUT2D eigenvalue weighted by atomic mass is 16.5. The lowest BCUT2D eigenvalue weighted by molar-refractivity contribution is 0.0710. The minimum atomic E-state index is -0.105. The zero-order valence-electron chi connectivity index (χ0n) is 17.1. The van der Waals surface area contributed by atoms with Crippen LogP contribution in [0.25, 0.3) is 0 Å². The van der Waals surface area contributed by atoms with Gasteiger partial charge in [0.1, 0.15) is 18.1 Å². The van der Waals surface area contributed by atoms with Crippen molar-refractivity contribution in [3.05, 3.63) is 83.3 Å². The normalized spacial score (nSPS) is 14.1. The first-order valence-corrected chi connectivity index (χ1v) is 10.2. The largest absolute Gasteiger partial charge is 0.486 e. The SMILES string of the molecule is Cc1ccc(OCc2ccc(C(=O)N3CCN(c4ccccc4CO)CC3)o2)cc1. The van der Waals surface area contributed by atoms with Crippen molar-refractivity contribution in [2.24, 2.45) is 0 Å². The topological polar surface area (TPSA) is 66.2 Å². The van der Waals surface area contributed by atoms with Gasteiger partial charge >= 0.3 is 0 Å².